The fourth-order valence-electron chi connectivity index (χ4n) is 3.05. The van der Waals surface area contributed by atoms with Gasteiger partial charge < -0.3 is 15.0 Å². The molecule has 1 aliphatic rings. The minimum atomic E-state index is -0.491. The fourth-order valence-corrected chi connectivity index (χ4v) is 3.79. The first-order valence-corrected chi connectivity index (χ1v) is 9.76. The van der Waals surface area contributed by atoms with Crippen LogP contribution in [0, 0.1) is 0 Å². The van der Waals surface area contributed by atoms with Gasteiger partial charge in [0.05, 0.1) is 0 Å². The van der Waals surface area contributed by atoms with Gasteiger partial charge in [-0.05, 0) is 39.7 Å². The molecule has 0 aliphatic carbocycles. The molecule has 1 aromatic carbocycles. The number of piperidine rings is 1. The predicted octanol–water partition coefficient (Wildman–Crippen LogP) is 4.54. The molecule has 1 amide bonds. The Labute approximate surface area is 166 Å². The molecule has 0 atom stereocenters. The van der Waals surface area contributed by atoms with E-state index < -0.39 is 5.60 Å². The summed E-state index contributed by atoms with van der Waals surface area (Å²) in [5.74, 6) is 0.813. The zero-order valence-corrected chi connectivity index (χ0v) is 17.4. The lowest BCUT2D eigenvalue weighted by atomic mass is 10.0. The lowest BCUT2D eigenvalue weighted by Crippen LogP contribution is -2.46. The number of aromatic nitrogens is 2. The number of hydrogen-bond acceptors (Lipinski definition) is 5. The number of amides is 1. The van der Waals surface area contributed by atoms with Gasteiger partial charge in [0.25, 0.3) is 0 Å². The number of rotatable bonds is 2. The number of halogens is 2. The standard InChI is InChI=1S/C18H22BrClN4O2/c1-18(2,3)26-17(25)21-11-7-9-24(10-8-11)16-14-12(15(20)22-23-16)5-4-6-13(14)19/h4-6,11H,7-10H2,1-3H3,(H,21,25). The Balaban J connectivity index is 1.70. The van der Waals surface area contributed by atoms with Crippen molar-refractivity contribution in [3.05, 3.63) is 27.8 Å². The molecular formula is C18H22BrClN4O2. The first-order chi connectivity index (χ1) is 12.2. The van der Waals surface area contributed by atoms with Crippen molar-refractivity contribution in [3.63, 3.8) is 0 Å². The molecule has 1 N–H and O–H groups in total. The van der Waals surface area contributed by atoms with Gasteiger partial charge in [-0.3, -0.25) is 0 Å². The van der Waals surface area contributed by atoms with Crippen molar-refractivity contribution < 1.29 is 9.53 Å². The Hall–Kier alpha value is -1.60. The van der Waals surface area contributed by atoms with Gasteiger partial charge in [0, 0.05) is 34.4 Å². The molecule has 26 heavy (non-hydrogen) atoms. The number of nitrogens with zero attached hydrogens (tertiary/aromatic N) is 3. The summed E-state index contributed by atoms with van der Waals surface area (Å²) in [6.07, 6.45) is 1.26. The average Bonchev–Trinajstić information content (AvgIpc) is 2.55. The number of nitrogens with one attached hydrogen (secondary N) is 1. The molecule has 1 saturated heterocycles. The van der Waals surface area contributed by atoms with Gasteiger partial charge in [0.15, 0.2) is 11.0 Å². The topological polar surface area (TPSA) is 67.3 Å². The van der Waals surface area contributed by atoms with Gasteiger partial charge in [-0.25, -0.2) is 4.79 Å². The van der Waals surface area contributed by atoms with Gasteiger partial charge in [0.1, 0.15) is 5.60 Å². The molecule has 2 heterocycles. The average molecular weight is 442 g/mol. The SMILES string of the molecule is CC(C)(C)OC(=O)NC1CCN(c2nnc(Cl)c3cccc(Br)c23)CC1. The number of hydrogen-bond donors (Lipinski definition) is 1. The molecule has 8 heteroatoms. The van der Waals surface area contributed by atoms with Crippen LogP contribution in [-0.2, 0) is 4.74 Å². The lowest BCUT2D eigenvalue weighted by molar-refractivity contribution is 0.0497. The first kappa shape index (κ1) is 19.2. The summed E-state index contributed by atoms with van der Waals surface area (Å²) >= 11 is 9.79. The molecule has 3 rings (SSSR count). The van der Waals surface area contributed by atoms with Gasteiger partial charge in [0.2, 0.25) is 0 Å². The van der Waals surface area contributed by atoms with E-state index in [-0.39, 0.29) is 12.1 Å². The molecule has 2 aromatic rings. The third kappa shape index (κ3) is 4.38. The van der Waals surface area contributed by atoms with Gasteiger partial charge in [-0.2, -0.15) is 0 Å². The van der Waals surface area contributed by atoms with Crippen LogP contribution in [-0.4, -0.2) is 41.0 Å². The molecule has 0 radical (unpaired) electrons. The second kappa shape index (κ2) is 7.56. The molecule has 0 saturated carbocycles. The van der Waals surface area contributed by atoms with Crippen molar-refractivity contribution in [3.8, 4) is 0 Å². The van der Waals surface area contributed by atoms with Crippen LogP contribution in [0.15, 0.2) is 22.7 Å². The Morgan fingerprint density at radius 1 is 1.31 bits per heavy atom. The highest BCUT2D eigenvalue weighted by Crippen LogP contribution is 2.35. The maximum absolute atomic E-state index is 11.9. The van der Waals surface area contributed by atoms with Crippen molar-refractivity contribution in [1.82, 2.24) is 15.5 Å². The van der Waals surface area contributed by atoms with Crippen molar-refractivity contribution >= 4 is 50.2 Å². The second-order valence-corrected chi connectivity index (χ2v) is 8.60. The van der Waals surface area contributed by atoms with E-state index in [1.807, 2.05) is 39.0 Å². The van der Waals surface area contributed by atoms with Crippen LogP contribution in [0.1, 0.15) is 33.6 Å². The van der Waals surface area contributed by atoms with Crippen molar-refractivity contribution in [2.24, 2.45) is 0 Å². The first-order valence-electron chi connectivity index (χ1n) is 8.59. The Morgan fingerprint density at radius 2 is 2.00 bits per heavy atom. The Bertz CT molecular complexity index is 817. The number of benzene rings is 1. The molecule has 1 fully saturated rings. The zero-order chi connectivity index (χ0) is 18.9. The molecule has 0 bridgehead atoms. The highest BCUT2D eigenvalue weighted by molar-refractivity contribution is 9.10. The molecule has 1 aromatic heterocycles. The van der Waals surface area contributed by atoms with Crippen LogP contribution < -0.4 is 10.2 Å². The fraction of sp³-hybridized carbons (Fsp3) is 0.500. The van der Waals surface area contributed by atoms with Crippen LogP contribution in [0.4, 0.5) is 10.6 Å². The van der Waals surface area contributed by atoms with E-state index in [9.17, 15) is 4.79 Å². The lowest BCUT2D eigenvalue weighted by Gasteiger charge is -2.34. The number of carbonyl (C=O) groups is 1. The molecule has 0 unspecified atom stereocenters. The van der Waals surface area contributed by atoms with E-state index in [1.54, 1.807) is 0 Å². The largest absolute Gasteiger partial charge is 0.444 e. The minimum absolute atomic E-state index is 0.0936. The quantitative estimate of drug-likeness (QED) is 0.741. The number of ether oxygens (including phenoxy) is 1. The van der Waals surface area contributed by atoms with Crippen LogP contribution >= 0.6 is 27.5 Å². The predicted molar refractivity (Wildman–Crippen MR) is 107 cm³/mol. The van der Waals surface area contributed by atoms with Crippen molar-refractivity contribution in [2.75, 3.05) is 18.0 Å². The summed E-state index contributed by atoms with van der Waals surface area (Å²) in [6, 6.07) is 5.94. The van der Waals surface area contributed by atoms with E-state index in [4.69, 9.17) is 16.3 Å². The molecular weight excluding hydrogens is 420 g/mol. The van der Waals surface area contributed by atoms with Crippen LogP contribution in [0.3, 0.4) is 0 Å². The van der Waals surface area contributed by atoms with E-state index >= 15 is 0 Å². The molecule has 6 nitrogen and oxygen atoms in total. The normalized spacial score (nSPS) is 16.0. The third-order valence-corrected chi connectivity index (χ3v) is 5.15. The number of carbonyl (C=O) groups excluding carboxylic acids is 1. The summed E-state index contributed by atoms with van der Waals surface area (Å²) in [6.45, 7) is 7.12. The van der Waals surface area contributed by atoms with Gasteiger partial charge in [-0.15, -0.1) is 10.2 Å². The summed E-state index contributed by atoms with van der Waals surface area (Å²) in [5.41, 5.74) is -0.491. The number of anilines is 1. The highest BCUT2D eigenvalue weighted by atomic mass is 79.9. The second-order valence-electron chi connectivity index (χ2n) is 7.38. The summed E-state index contributed by atoms with van der Waals surface area (Å²) in [7, 11) is 0. The van der Waals surface area contributed by atoms with Crippen molar-refractivity contribution in [2.45, 2.75) is 45.3 Å². The van der Waals surface area contributed by atoms with Crippen LogP contribution in [0.2, 0.25) is 5.15 Å². The van der Waals surface area contributed by atoms with Crippen LogP contribution in [0.25, 0.3) is 10.8 Å². The van der Waals surface area contributed by atoms with Gasteiger partial charge in [-0.1, -0.05) is 39.7 Å². The minimum Gasteiger partial charge on any atom is -0.444 e. The Kier molecular flexibility index (Phi) is 5.58. The van der Waals surface area contributed by atoms with E-state index in [2.05, 4.69) is 36.3 Å². The monoisotopic (exact) mass is 440 g/mol. The summed E-state index contributed by atoms with van der Waals surface area (Å²) in [5, 5.41) is 13.6. The van der Waals surface area contributed by atoms with E-state index in [0.29, 0.717) is 5.15 Å². The maximum atomic E-state index is 11.9. The number of alkyl carbamates (subject to hydrolysis) is 1. The summed E-state index contributed by atoms with van der Waals surface area (Å²) in [4.78, 5) is 14.1. The van der Waals surface area contributed by atoms with E-state index in [1.165, 1.54) is 0 Å². The summed E-state index contributed by atoms with van der Waals surface area (Å²) < 4.78 is 6.27. The molecule has 0 spiro atoms. The Morgan fingerprint density at radius 3 is 2.65 bits per heavy atom. The smallest absolute Gasteiger partial charge is 0.407 e. The number of fused-ring (bicyclic) bond motifs is 1. The van der Waals surface area contributed by atoms with E-state index in [0.717, 1.165) is 47.0 Å². The maximum Gasteiger partial charge on any atom is 0.407 e. The van der Waals surface area contributed by atoms with Crippen LogP contribution in [0.5, 0.6) is 0 Å². The zero-order valence-electron chi connectivity index (χ0n) is 15.1. The van der Waals surface area contributed by atoms with Crippen molar-refractivity contribution in [1.29, 1.82) is 0 Å². The van der Waals surface area contributed by atoms with Gasteiger partial charge >= 0.3 is 6.09 Å². The molecule has 140 valence electrons. The third-order valence-electron chi connectivity index (χ3n) is 4.21. The molecule has 1 aliphatic heterocycles. The highest BCUT2D eigenvalue weighted by Gasteiger charge is 2.26.